The van der Waals surface area contributed by atoms with Crippen LogP contribution in [0.25, 0.3) is 11.3 Å². The number of aromatic amines is 1. The number of carbonyl (C=O) groups excluding carboxylic acids is 1. The van der Waals surface area contributed by atoms with Crippen LogP contribution in [0.1, 0.15) is 42.6 Å². The Hall–Kier alpha value is -2.10. The number of rotatable bonds is 3. The van der Waals surface area contributed by atoms with Crippen molar-refractivity contribution in [1.29, 1.82) is 0 Å². The van der Waals surface area contributed by atoms with Crippen molar-refractivity contribution >= 4 is 5.91 Å². The van der Waals surface area contributed by atoms with E-state index < -0.39 is 0 Å². The van der Waals surface area contributed by atoms with Crippen molar-refractivity contribution in [2.75, 3.05) is 0 Å². The molecule has 0 radical (unpaired) electrons. The Morgan fingerprint density at radius 1 is 1.14 bits per heavy atom. The number of hydrogen-bond acceptors (Lipinski definition) is 2. The topological polar surface area (TPSA) is 57.8 Å². The van der Waals surface area contributed by atoms with Crippen LogP contribution in [0.2, 0.25) is 0 Å². The van der Waals surface area contributed by atoms with Crippen LogP contribution >= 0.6 is 0 Å². The van der Waals surface area contributed by atoms with Crippen molar-refractivity contribution < 1.29 is 4.79 Å². The zero-order valence-electron chi connectivity index (χ0n) is 12.6. The van der Waals surface area contributed by atoms with Crippen LogP contribution in [0.3, 0.4) is 0 Å². The molecule has 0 unspecified atom stereocenters. The Kier molecular flexibility index (Phi) is 3.45. The van der Waals surface area contributed by atoms with Crippen LogP contribution in [0.4, 0.5) is 0 Å². The Morgan fingerprint density at radius 3 is 2.59 bits per heavy atom. The zero-order chi connectivity index (χ0) is 14.9. The summed E-state index contributed by atoms with van der Waals surface area (Å²) in [4.78, 5) is 12.4. The molecule has 3 aliphatic rings. The van der Waals surface area contributed by atoms with Gasteiger partial charge in [-0.2, -0.15) is 5.10 Å². The lowest BCUT2D eigenvalue weighted by Crippen LogP contribution is -2.47. The second kappa shape index (κ2) is 5.59. The molecule has 0 aliphatic heterocycles. The fraction of sp³-hybridized carbons (Fsp3) is 0.444. The van der Waals surface area contributed by atoms with Crippen molar-refractivity contribution in [3.63, 3.8) is 0 Å². The molecule has 0 saturated heterocycles. The summed E-state index contributed by atoms with van der Waals surface area (Å²) in [5, 5.41) is 10.4. The maximum Gasteiger partial charge on any atom is 0.272 e. The highest BCUT2D eigenvalue weighted by atomic mass is 16.2. The van der Waals surface area contributed by atoms with Gasteiger partial charge in [-0.05, 0) is 42.7 Å². The highest BCUT2D eigenvalue weighted by molar-refractivity contribution is 5.93. The number of nitrogens with zero attached hydrogens (tertiary/aromatic N) is 1. The second-order valence-electron chi connectivity index (χ2n) is 6.63. The van der Waals surface area contributed by atoms with Gasteiger partial charge in [0.15, 0.2) is 5.69 Å². The first kappa shape index (κ1) is 13.6. The first-order chi connectivity index (χ1) is 10.8. The van der Waals surface area contributed by atoms with Crippen molar-refractivity contribution in [3.05, 3.63) is 42.1 Å². The average molecular weight is 295 g/mol. The van der Waals surface area contributed by atoms with Crippen molar-refractivity contribution in [2.45, 2.75) is 38.1 Å². The molecule has 4 nitrogen and oxygen atoms in total. The molecule has 5 rings (SSSR count). The third-order valence-electron chi connectivity index (χ3n) is 5.26. The quantitative estimate of drug-likeness (QED) is 0.912. The molecule has 3 aliphatic carbocycles. The van der Waals surface area contributed by atoms with E-state index in [0.29, 0.717) is 17.7 Å². The predicted molar refractivity (Wildman–Crippen MR) is 85.3 cm³/mol. The molecular weight excluding hydrogens is 274 g/mol. The zero-order valence-corrected chi connectivity index (χ0v) is 12.6. The molecule has 1 amide bonds. The van der Waals surface area contributed by atoms with Gasteiger partial charge in [-0.25, -0.2) is 0 Å². The normalized spacial score (nSPS) is 26.8. The van der Waals surface area contributed by atoms with Gasteiger partial charge in [0.25, 0.3) is 5.91 Å². The van der Waals surface area contributed by atoms with E-state index in [0.717, 1.165) is 23.6 Å². The Balaban J connectivity index is 1.46. The van der Waals surface area contributed by atoms with Crippen LogP contribution in [0.5, 0.6) is 0 Å². The molecule has 1 aromatic heterocycles. The van der Waals surface area contributed by atoms with E-state index in [1.165, 1.54) is 25.7 Å². The molecular formula is C18H21N3O. The number of aromatic nitrogens is 2. The van der Waals surface area contributed by atoms with E-state index in [-0.39, 0.29) is 5.91 Å². The number of nitrogens with one attached hydrogen (secondary N) is 2. The largest absolute Gasteiger partial charge is 0.348 e. The van der Waals surface area contributed by atoms with Crippen LogP contribution in [0.15, 0.2) is 36.4 Å². The third-order valence-corrected chi connectivity index (χ3v) is 5.26. The molecule has 114 valence electrons. The van der Waals surface area contributed by atoms with Crippen LogP contribution < -0.4 is 5.32 Å². The van der Waals surface area contributed by atoms with Crippen molar-refractivity contribution in [3.8, 4) is 11.3 Å². The fourth-order valence-electron chi connectivity index (χ4n) is 4.00. The minimum absolute atomic E-state index is 0.0454. The van der Waals surface area contributed by atoms with E-state index in [9.17, 15) is 4.79 Å². The lowest BCUT2D eigenvalue weighted by atomic mass is 9.68. The standard InChI is InChI=1S/C18H21N3O/c22-18(19-15-10-12-6-8-14(15)9-7-12)17-11-16(20-21-17)13-4-2-1-3-5-13/h1-5,11-12,14-15H,6-10H2,(H,19,22)(H,20,21)/t12?,14?,15-/m0/s1. The summed E-state index contributed by atoms with van der Waals surface area (Å²) in [5.41, 5.74) is 2.42. The summed E-state index contributed by atoms with van der Waals surface area (Å²) in [6, 6.07) is 12.1. The Bertz CT molecular complexity index is 656. The molecule has 3 fully saturated rings. The summed E-state index contributed by atoms with van der Waals surface area (Å²) in [6.45, 7) is 0. The van der Waals surface area contributed by atoms with Crippen LogP contribution in [-0.4, -0.2) is 22.1 Å². The maximum atomic E-state index is 12.4. The minimum atomic E-state index is -0.0454. The summed E-state index contributed by atoms with van der Waals surface area (Å²) < 4.78 is 0. The summed E-state index contributed by atoms with van der Waals surface area (Å²) in [7, 11) is 0. The van der Waals surface area contributed by atoms with E-state index in [4.69, 9.17) is 0 Å². The number of amides is 1. The Morgan fingerprint density at radius 2 is 1.91 bits per heavy atom. The molecule has 1 atom stereocenters. The van der Waals surface area contributed by atoms with Crippen molar-refractivity contribution in [2.24, 2.45) is 11.8 Å². The highest BCUT2D eigenvalue weighted by Gasteiger charge is 2.36. The number of hydrogen-bond donors (Lipinski definition) is 2. The first-order valence-corrected chi connectivity index (χ1v) is 8.21. The molecule has 2 bridgehead atoms. The monoisotopic (exact) mass is 295 g/mol. The first-order valence-electron chi connectivity index (χ1n) is 8.21. The Labute approximate surface area is 130 Å². The molecule has 2 N–H and O–H groups in total. The molecule has 0 spiro atoms. The van der Waals surface area contributed by atoms with Gasteiger partial charge in [0.2, 0.25) is 0 Å². The summed E-state index contributed by atoms with van der Waals surface area (Å²) in [6.07, 6.45) is 6.37. The number of benzene rings is 1. The number of carbonyl (C=O) groups is 1. The SMILES string of the molecule is O=C(N[C@H]1CC2CCC1CC2)c1cc(-c2ccccc2)[nH]n1. The number of fused-ring (bicyclic) bond motifs is 3. The van der Waals surface area contributed by atoms with Gasteiger partial charge in [0.05, 0.1) is 5.69 Å². The number of H-pyrrole nitrogens is 1. The minimum Gasteiger partial charge on any atom is -0.348 e. The van der Waals surface area contributed by atoms with Gasteiger partial charge >= 0.3 is 0 Å². The highest BCUT2D eigenvalue weighted by Crippen LogP contribution is 2.41. The molecule has 4 heteroatoms. The lowest BCUT2D eigenvalue weighted by Gasteiger charge is -2.42. The second-order valence-corrected chi connectivity index (χ2v) is 6.63. The lowest BCUT2D eigenvalue weighted by molar-refractivity contribution is 0.0806. The van der Waals surface area contributed by atoms with Gasteiger partial charge < -0.3 is 5.32 Å². The third kappa shape index (κ3) is 2.54. The average Bonchev–Trinajstić information content (AvgIpc) is 3.07. The van der Waals surface area contributed by atoms with E-state index >= 15 is 0 Å². The van der Waals surface area contributed by atoms with Gasteiger partial charge in [-0.15, -0.1) is 0 Å². The van der Waals surface area contributed by atoms with E-state index in [1.54, 1.807) is 0 Å². The predicted octanol–water partition coefficient (Wildman–Crippen LogP) is 3.39. The molecule has 1 aromatic carbocycles. The van der Waals surface area contributed by atoms with E-state index in [2.05, 4.69) is 15.5 Å². The van der Waals surface area contributed by atoms with Crippen molar-refractivity contribution in [1.82, 2.24) is 15.5 Å². The van der Waals surface area contributed by atoms with Crippen LogP contribution in [-0.2, 0) is 0 Å². The maximum absolute atomic E-state index is 12.4. The molecule has 3 saturated carbocycles. The summed E-state index contributed by atoms with van der Waals surface area (Å²) >= 11 is 0. The van der Waals surface area contributed by atoms with Gasteiger partial charge in [0, 0.05) is 6.04 Å². The smallest absolute Gasteiger partial charge is 0.272 e. The molecule has 1 heterocycles. The van der Waals surface area contributed by atoms with Gasteiger partial charge in [-0.1, -0.05) is 43.2 Å². The summed E-state index contributed by atoms with van der Waals surface area (Å²) in [5.74, 6) is 1.44. The molecule has 2 aromatic rings. The molecule has 22 heavy (non-hydrogen) atoms. The van der Waals surface area contributed by atoms with Gasteiger partial charge in [0.1, 0.15) is 0 Å². The van der Waals surface area contributed by atoms with Gasteiger partial charge in [-0.3, -0.25) is 9.89 Å². The fourth-order valence-corrected chi connectivity index (χ4v) is 4.00. The van der Waals surface area contributed by atoms with Crippen LogP contribution in [0, 0.1) is 11.8 Å². The van der Waals surface area contributed by atoms with E-state index in [1.807, 2.05) is 36.4 Å².